The molecular formula is C22H29F5O. The van der Waals surface area contributed by atoms with E-state index in [4.69, 9.17) is 0 Å². The van der Waals surface area contributed by atoms with Crippen LogP contribution in [0.5, 0.6) is 5.75 Å². The quantitative estimate of drug-likeness (QED) is 0.230. The van der Waals surface area contributed by atoms with Gasteiger partial charge in [0, 0.05) is 0 Å². The molecule has 0 aliphatic heterocycles. The summed E-state index contributed by atoms with van der Waals surface area (Å²) in [5.41, 5.74) is 0.420. The normalized spacial score (nSPS) is 20.6. The monoisotopic (exact) mass is 404 g/mol. The Balaban J connectivity index is 1.80. The molecule has 1 aliphatic carbocycles. The van der Waals surface area contributed by atoms with Crippen molar-refractivity contribution in [1.29, 1.82) is 0 Å². The van der Waals surface area contributed by atoms with Crippen LogP contribution in [0.4, 0.5) is 22.0 Å². The molecule has 158 valence electrons. The Morgan fingerprint density at radius 1 is 0.964 bits per heavy atom. The predicted molar refractivity (Wildman–Crippen MR) is 100 cm³/mol. The average Bonchev–Trinajstić information content (AvgIpc) is 2.63. The Bertz CT molecular complexity index is 607. The molecule has 1 aliphatic rings. The molecule has 0 amide bonds. The molecule has 2 rings (SSSR count). The van der Waals surface area contributed by atoms with Crippen LogP contribution in [0.3, 0.4) is 0 Å². The van der Waals surface area contributed by atoms with Crippen LogP contribution >= 0.6 is 0 Å². The minimum Gasteiger partial charge on any atom is -0.399 e. The van der Waals surface area contributed by atoms with Crippen LogP contribution in [0.1, 0.15) is 82.6 Å². The fraction of sp³-hybridized carbons (Fsp3) is 0.636. The summed E-state index contributed by atoms with van der Waals surface area (Å²) in [6.45, 7) is 2.16. The highest BCUT2D eigenvalue weighted by Gasteiger charge is 2.34. The Kier molecular flexibility index (Phi) is 8.77. The fourth-order valence-electron chi connectivity index (χ4n) is 3.91. The second kappa shape index (κ2) is 10.8. The van der Waals surface area contributed by atoms with Crippen molar-refractivity contribution in [1.82, 2.24) is 0 Å². The van der Waals surface area contributed by atoms with Gasteiger partial charge in [0.1, 0.15) is 0 Å². The van der Waals surface area contributed by atoms with E-state index in [9.17, 15) is 22.0 Å². The molecule has 6 heteroatoms. The predicted octanol–water partition coefficient (Wildman–Crippen LogP) is 8.05. The van der Waals surface area contributed by atoms with E-state index in [0.29, 0.717) is 11.5 Å². The van der Waals surface area contributed by atoms with Gasteiger partial charge in [-0.15, -0.1) is 13.2 Å². The first-order chi connectivity index (χ1) is 13.3. The molecule has 0 aromatic heterocycles. The number of halogens is 5. The van der Waals surface area contributed by atoms with Crippen molar-refractivity contribution in [2.75, 3.05) is 0 Å². The van der Waals surface area contributed by atoms with Gasteiger partial charge >= 0.3 is 6.36 Å². The van der Waals surface area contributed by atoms with Crippen molar-refractivity contribution in [2.24, 2.45) is 5.92 Å². The van der Waals surface area contributed by atoms with Crippen LogP contribution < -0.4 is 4.74 Å². The highest BCUT2D eigenvalue weighted by Crippen LogP contribution is 2.40. The lowest BCUT2D eigenvalue weighted by Gasteiger charge is -2.29. The minimum atomic E-state index is -5.12. The third-order valence-electron chi connectivity index (χ3n) is 5.41. The summed E-state index contributed by atoms with van der Waals surface area (Å²) < 4.78 is 68.0. The SMILES string of the molecule is CCC/C=C/CCCC[C@H]1CC[C@H](c2cc(F)c(OC(F)(F)F)c(F)c2)CC1. The first-order valence-corrected chi connectivity index (χ1v) is 10.2. The van der Waals surface area contributed by atoms with Crippen molar-refractivity contribution in [3.8, 4) is 5.75 Å². The molecule has 0 atom stereocenters. The van der Waals surface area contributed by atoms with Crippen LogP contribution in [0.15, 0.2) is 24.3 Å². The number of hydrogen-bond donors (Lipinski definition) is 0. The van der Waals surface area contributed by atoms with Gasteiger partial charge in [-0.2, -0.15) is 0 Å². The van der Waals surface area contributed by atoms with Gasteiger partial charge in [-0.05, 0) is 74.5 Å². The average molecular weight is 404 g/mol. The van der Waals surface area contributed by atoms with Crippen molar-refractivity contribution in [3.63, 3.8) is 0 Å². The molecule has 28 heavy (non-hydrogen) atoms. The largest absolute Gasteiger partial charge is 0.573 e. The Labute approximate surface area is 164 Å². The third kappa shape index (κ3) is 7.44. The number of alkyl halides is 3. The lowest BCUT2D eigenvalue weighted by Crippen LogP contribution is -2.19. The van der Waals surface area contributed by atoms with Crippen LogP contribution in [-0.4, -0.2) is 6.36 Å². The molecule has 1 fully saturated rings. The molecule has 0 spiro atoms. The standard InChI is InChI=1S/C22H29F5O/c1-2-3-4-5-6-7-8-9-16-10-12-17(13-11-16)18-14-19(23)21(20(24)15-18)28-22(25,26)27/h4-5,14-17H,2-3,6-13H2,1H3/b5-4+/t16-,17-. The van der Waals surface area contributed by atoms with Gasteiger partial charge in [-0.25, -0.2) is 8.78 Å². The number of rotatable bonds is 9. The van der Waals surface area contributed by atoms with Gasteiger partial charge in [0.05, 0.1) is 0 Å². The third-order valence-corrected chi connectivity index (χ3v) is 5.41. The van der Waals surface area contributed by atoms with E-state index in [2.05, 4.69) is 23.8 Å². The van der Waals surface area contributed by atoms with Gasteiger partial charge in [0.15, 0.2) is 11.6 Å². The number of unbranched alkanes of at least 4 members (excludes halogenated alkanes) is 3. The maximum atomic E-state index is 13.9. The number of benzene rings is 1. The molecule has 0 heterocycles. The summed E-state index contributed by atoms with van der Waals surface area (Å²) in [6.07, 6.45) is 9.88. The Hall–Kier alpha value is -1.59. The Morgan fingerprint density at radius 3 is 2.14 bits per heavy atom. The van der Waals surface area contributed by atoms with Crippen molar-refractivity contribution >= 4 is 0 Å². The summed E-state index contributed by atoms with van der Waals surface area (Å²) >= 11 is 0. The lowest BCUT2D eigenvalue weighted by atomic mass is 9.77. The zero-order chi connectivity index (χ0) is 20.6. The summed E-state index contributed by atoms with van der Waals surface area (Å²) in [7, 11) is 0. The first-order valence-electron chi connectivity index (χ1n) is 10.2. The maximum Gasteiger partial charge on any atom is 0.573 e. The van der Waals surface area contributed by atoms with Crippen LogP contribution in [0.25, 0.3) is 0 Å². The van der Waals surface area contributed by atoms with E-state index in [0.717, 1.165) is 57.1 Å². The minimum absolute atomic E-state index is 0.0165. The smallest absolute Gasteiger partial charge is 0.399 e. The highest BCUT2D eigenvalue weighted by atomic mass is 19.4. The van der Waals surface area contributed by atoms with Crippen molar-refractivity contribution in [2.45, 2.75) is 83.4 Å². The highest BCUT2D eigenvalue weighted by molar-refractivity contribution is 5.33. The topological polar surface area (TPSA) is 9.23 Å². The van der Waals surface area contributed by atoms with E-state index in [-0.39, 0.29) is 5.92 Å². The van der Waals surface area contributed by atoms with Gasteiger partial charge in [-0.1, -0.05) is 38.3 Å². The van der Waals surface area contributed by atoms with Crippen LogP contribution in [0.2, 0.25) is 0 Å². The number of ether oxygens (including phenoxy) is 1. The molecule has 1 aromatic rings. The zero-order valence-corrected chi connectivity index (χ0v) is 16.3. The zero-order valence-electron chi connectivity index (χ0n) is 16.3. The van der Waals surface area contributed by atoms with E-state index < -0.39 is 23.7 Å². The van der Waals surface area contributed by atoms with Gasteiger partial charge in [0.25, 0.3) is 0 Å². The van der Waals surface area contributed by atoms with Crippen molar-refractivity contribution < 1.29 is 26.7 Å². The molecular weight excluding hydrogens is 375 g/mol. The van der Waals surface area contributed by atoms with E-state index in [1.807, 2.05) is 0 Å². The second-order valence-electron chi connectivity index (χ2n) is 7.62. The molecule has 1 aromatic carbocycles. The van der Waals surface area contributed by atoms with E-state index >= 15 is 0 Å². The number of hydrogen-bond acceptors (Lipinski definition) is 1. The van der Waals surface area contributed by atoms with Crippen molar-refractivity contribution in [3.05, 3.63) is 41.5 Å². The van der Waals surface area contributed by atoms with Crippen LogP contribution in [-0.2, 0) is 0 Å². The second-order valence-corrected chi connectivity index (χ2v) is 7.62. The van der Waals surface area contributed by atoms with E-state index in [1.165, 1.54) is 19.3 Å². The van der Waals surface area contributed by atoms with E-state index in [1.54, 1.807) is 0 Å². The molecule has 1 nitrogen and oxygen atoms in total. The summed E-state index contributed by atoms with van der Waals surface area (Å²) in [5.74, 6) is -3.37. The molecule has 0 saturated heterocycles. The summed E-state index contributed by atoms with van der Waals surface area (Å²) in [6, 6.07) is 1.97. The molecule has 0 unspecified atom stereocenters. The first kappa shape index (κ1) is 22.7. The lowest BCUT2D eigenvalue weighted by molar-refractivity contribution is -0.276. The molecule has 0 radical (unpaired) electrons. The van der Waals surface area contributed by atoms with Gasteiger partial charge in [0.2, 0.25) is 5.75 Å². The summed E-state index contributed by atoms with van der Waals surface area (Å²) in [4.78, 5) is 0. The summed E-state index contributed by atoms with van der Waals surface area (Å²) in [5, 5.41) is 0. The molecule has 0 bridgehead atoms. The number of allylic oxidation sites excluding steroid dienone is 2. The van der Waals surface area contributed by atoms with Crippen LogP contribution in [0, 0.1) is 17.6 Å². The fourth-order valence-corrected chi connectivity index (χ4v) is 3.91. The van der Waals surface area contributed by atoms with Gasteiger partial charge in [-0.3, -0.25) is 0 Å². The van der Waals surface area contributed by atoms with Gasteiger partial charge < -0.3 is 4.74 Å². The molecule has 1 saturated carbocycles. The maximum absolute atomic E-state index is 13.9. The molecule has 0 N–H and O–H groups in total. The Morgan fingerprint density at radius 2 is 1.57 bits per heavy atom.